The van der Waals surface area contributed by atoms with Crippen LogP contribution in [0.15, 0.2) is 28.7 Å². The number of nitrogens with two attached hydrogens (primary N) is 1. The van der Waals surface area contributed by atoms with Gasteiger partial charge in [-0.15, -0.1) is 11.3 Å². The van der Waals surface area contributed by atoms with Crippen molar-refractivity contribution in [3.63, 3.8) is 0 Å². The van der Waals surface area contributed by atoms with Gasteiger partial charge in [-0.1, -0.05) is 0 Å². The highest BCUT2D eigenvalue weighted by Crippen LogP contribution is 2.39. The van der Waals surface area contributed by atoms with Crippen LogP contribution in [-0.2, 0) is 15.6 Å². The van der Waals surface area contributed by atoms with Gasteiger partial charge in [0.1, 0.15) is 33.1 Å². The second kappa shape index (κ2) is 7.75. The maximum absolute atomic E-state index is 12.6. The molecule has 0 bridgehead atoms. The molecule has 0 fully saturated rings. The van der Waals surface area contributed by atoms with Crippen LogP contribution in [0.2, 0.25) is 0 Å². The molecule has 0 aromatic carbocycles. The van der Waals surface area contributed by atoms with Gasteiger partial charge in [0.2, 0.25) is 16.0 Å². The van der Waals surface area contributed by atoms with Gasteiger partial charge in [0.25, 0.3) is 5.91 Å². The number of alkyl halides is 2. The molecule has 10 nitrogen and oxygen atoms in total. The molecule has 2 atom stereocenters. The summed E-state index contributed by atoms with van der Waals surface area (Å²) in [5.41, 5.74) is 4.49. The smallest absolute Gasteiger partial charge is 0.387 e. The van der Waals surface area contributed by atoms with Crippen molar-refractivity contribution in [3.8, 4) is 5.75 Å². The van der Waals surface area contributed by atoms with Gasteiger partial charge in [-0.25, -0.2) is 27.7 Å². The van der Waals surface area contributed by atoms with Crippen molar-refractivity contribution in [2.75, 3.05) is 12.4 Å². The molecule has 3 heterocycles. The fourth-order valence-corrected chi connectivity index (χ4v) is 5.25. The van der Waals surface area contributed by atoms with Gasteiger partial charge in [0.15, 0.2) is 0 Å². The molecule has 2 aromatic rings. The first-order chi connectivity index (χ1) is 13.9. The second-order valence-corrected chi connectivity index (χ2v) is 9.66. The van der Waals surface area contributed by atoms with Gasteiger partial charge in [-0.3, -0.25) is 4.79 Å². The Morgan fingerprint density at radius 1 is 1.43 bits per heavy atom. The summed E-state index contributed by atoms with van der Waals surface area (Å²) in [5.74, 6) is -0.814. The molecule has 3 rings (SSSR count). The average molecular weight is 460 g/mol. The Morgan fingerprint density at radius 3 is 2.73 bits per heavy atom. The zero-order chi connectivity index (χ0) is 22.3. The maximum atomic E-state index is 12.6. The fraction of sp³-hybridized carbons (Fsp3) is 0.375. The number of hydrogen-bond acceptors (Lipinski definition) is 9. The SMILES string of the molecule is C[C@H]1[C@@](C)(c2nc(NC(=O)c3ccc(OC(F)F)cn3)cs2)N=C(N)N(C)S1(=O)=O. The fourth-order valence-electron chi connectivity index (χ4n) is 2.71. The minimum absolute atomic E-state index is 0.0464. The van der Waals surface area contributed by atoms with E-state index in [1.165, 1.54) is 31.5 Å². The van der Waals surface area contributed by atoms with Crippen LogP contribution in [0.1, 0.15) is 29.3 Å². The molecule has 0 aliphatic carbocycles. The zero-order valence-electron chi connectivity index (χ0n) is 16.0. The molecular formula is C16H18F2N6O4S2. The summed E-state index contributed by atoms with van der Waals surface area (Å²) in [7, 11) is -2.41. The van der Waals surface area contributed by atoms with Crippen LogP contribution in [0.3, 0.4) is 0 Å². The number of sulfonamides is 1. The number of nitrogens with zero attached hydrogens (tertiary/aromatic N) is 4. The Balaban J connectivity index is 1.80. The van der Waals surface area contributed by atoms with Crippen LogP contribution in [0, 0.1) is 0 Å². The molecule has 0 saturated heterocycles. The number of anilines is 1. The number of carbonyl (C=O) groups is 1. The van der Waals surface area contributed by atoms with Gasteiger partial charge in [-0.05, 0) is 26.0 Å². The van der Waals surface area contributed by atoms with Crippen molar-refractivity contribution >= 4 is 39.0 Å². The third kappa shape index (κ3) is 3.92. The van der Waals surface area contributed by atoms with E-state index in [1.54, 1.807) is 6.92 Å². The normalized spacial score (nSPS) is 23.2. The number of ether oxygens (including phenoxy) is 1. The molecular weight excluding hydrogens is 442 g/mol. The van der Waals surface area contributed by atoms with Crippen molar-refractivity contribution in [2.24, 2.45) is 10.7 Å². The highest BCUT2D eigenvalue weighted by molar-refractivity contribution is 7.90. The predicted molar refractivity (Wildman–Crippen MR) is 106 cm³/mol. The second-order valence-electron chi connectivity index (χ2n) is 6.52. The molecule has 162 valence electrons. The lowest BCUT2D eigenvalue weighted by Gasteiger charge is -2.38. The van der Waals surface area contributed by atoms with Crippen molar-refractivity contribution in [1.82, 2.24) is 14.3 Å². The van der Waals surface area contributed by atoms with Crippen LogP contribution in [0.25, 0.3) is 0 Å². The minimum Gasteiger partial charge on any atom is -0.433 e. The lowest BCUT2D eigenvalue weighted by molar-refractivity contribution is -0.0500. The van der Waals surface area contributed by atoms with Crippen LogP contribution in [-0.4, -0.2) is 53.5 Å². The summed E-state index contributed by atoms with van der Waals surface area (Å²) in [6.07, 6.45) is 0.997. The lowest BCUT2D eigenvalue weighted by atomic mass is 10.0. The Morgan fingerprint density at radius 2 is 2.13 bits per heavy atom. The molecule has 1 aliphatic heterocycles. The Labute approximate surface area is 174 Å². The van der Waals surface area contributed by atoms with E-state index in [1.807, 2.05) is 0 Å². The third-order valence-corrected chi connectivity index (χ3v) is 8.03. The number of rotatable bonds is 5. The predicted octanol–water partition coefficient (Wildman–Crippen LogP) is 1.59. The van der Waals surface area contributed by atoms with E-state index in [9.17, 15) is 22.0 Å². The topological polar surface area (TPSA) is 140 Å². The summed E-state index contributed by atoms with van der Waals surface area (Å²) < 4.78 is 54.6. The Kier molecular flexibility index (Phi) is 5.64. The maximum Gasteiger partial charge on any atom is 0.387 e. The molecule has 3 N–H and O–H groups in total. The van der Waals surface area contributed by atoms with Crippen molar-refractivity contribution in [2.45, 2.75) is 31.2 Å². The lowest BCUT2D eigenvalue weighted by Crippen LogP contribution is -2.55. The summed E-state index contributed by atoms with van der Waals surface area (Å²) in [6.45, 7) is 0.112. The number of aromatic nitrogens is 2. The van der Waals surface area contributed by atoms with Gasteiger partial charge < -0.3 is 15.8 Å². The molecule has 30 heavy (non-hydrogen) atoms. The van der Waals surface area contributed by atoms with E-state index in [2.05, 4.69) is 25.0 Å². The molecule has 2 aromatic heterocycles. The number of thiazole rings is 1. The van der Waals surface area contributed by atoms with Crippen LogP contribution < -0.4 is 15.8 Å². The molecule has 1 aliphatic rings. The van der Waals surface area contributed by atoms with E-state index in [0.717, 1.165) is 21.8 Å². The van der Waals surface area contributed by atoms with E-state index in [0.29, 0.717) is 5.01 Å². The summed E-state index contributed by atoms with van der Waals surface area (Å²) in [5, 5.41) is 3.45. The molecule has 14 heteroatoms. The van der Waals surface area contributed by atoms with Gasteiger partial charge in [-0.2, -0.15) is 8.78 Å². The number of amides is 1. The number of nitrogens with one attached hydrogen (secondary N) is 1. The molecule has 0 radical (unpaired) electrons. The van der Waals surface area contributed by atoms with E-state index in [-0.39, 0.29) is 23.2 Å². The van der Waals surface area contributed by atoms with Gasteiger partial charge in [0.05, 0.1) is 6.20 Å². The van der Waals surface area contributed by atoms with Crippen LogP contribution in [0.5, 0.6) is 5.75 Å². The van der Waals surface area contributed by atoms with E-state index >= 15 is 0 Å². The van der Waals surface area contributed by atoms with Crippen molar-refractivity contribution < 1.29 is 26.7 Å². The summed E-state index contributed by atoms with van der Waals surface area (Å²) in [6, 6.07) is 2.41. The number of pyridine rings is 1. The third-order valence-electron chi connectivity index (χ3n) is 4.66. The quantitative estimate of drug-likeness (QED) is 0.690. The number of aliphatic imine (C=N–C) groups is 1. The monoisotopic (exact) mass is 460 g/mol. The number of halogens is 2. The van der Waals surface area contributed by atoms with Gasteiger partial charge >= 0.3 is 6.61 Å². The number of carbonyl (C=O) groups excluding carboxylic acids is 1. The first-order valence-corrected chi connectivity index (χ1v) is 10.8. The Hall–Kier alpha value is -2.87. The highest BCUT2D eigenvalue weighted by Gasteiger charge is 2.49. The standard InChI is InChI=1S/C16H18F2N6O4S2/c1-8-16(2,23-15(19)24(3)30(8,26)27)13-22-11(7-29-13)21-12(25)10-5-4-9(6-20-10)28-14(17)18/h4-8,14H,1-3H3,(H2,19,23)(H,21,25)/t8-,16-/m0/s1. The average Bonchev–Trinajstić information content (AvgIpc) is 3.14. The minimum atomic E-state index is -3.73. The molecule has 0 saturated carbocycles. The van der Waals surface area contributed by atoms with Crippen LogP contribution >= 0.6 is 11.3 Å². The van der Waals surface area contributed by atoms with Crippen molar-refractivity contribution in [1.29, 1.82) is 0 Å². The summed E-state index contributed by atoms with van der Waals surface area (Å²) in [4.78, 5) is 24.7. The van der Waals surface area contributed by atoms with Gasteiger partial charge in [0, 0.05) is 12.4 Å². The highest BCUT2D eigenvalue weighted by atomic mass is 32.2. The van der Waals surface area contributed by atoms with E-state index < -0.39 is 33.3 Å². The number of hydrogen-bond donors (Lipinski definition) is 2. The van der Waals surface area contributed by atoms with Crippen LogP contribution in [0.4, 0.5) is 14.6 Å². The number of guanidine groups is 1. The van der Waals surface area contributed by atoms with E-state index in [4.69, 9.17) is 5.73 Å². The zero-order valence-corrected chi connectivity index (χ0v) is 17.7. The molecule has 1 amide bonds. The first-order valence-electron chi connectivity index (χ1n) is 8.46. The molecule has 0 unspecified atom stereocenters. The first kappa shape index (κ1) is 21.8. The Bertz CT molecular complexity index is 1090. The largest absolute Gasteiger partial charge is 0.433 e. The summed E-state index contributed by atoms with van der Waals surface area (Å²) >= 11 is 1.11. The molecule has 0 spiro atoms. The van der Waals surface area contributed by atoms with Crippen molar-refractivity contribution in [3.05, 3.63) is 34.4 Å².